The predicted molar refractivity (Wildman–Crippen MR) is 106 cm³/mol. The molecule has 190 valence electrons. The maximum atomic E-state index is 15.8. The third kappa shape index (κ3) is 4.17. The fraction of sp³-hybridized carbons (Fsp3) is 0.583. The molecular weight excluding hydrogens is 532 g/mol. The fourth-order valence-electron chi connectivity index (χ4n) is 3.69. The first-order chi connectivity index (χ1) is 15.4. The Morgan fingerprint density at radius 2 is 1.85 bits per heavy atom. The van der Waals surface area contributed by atoms with Crippen molar-refractivity contribution in [1.82, 2.24) is 19.5 Å². The number of fused-ring (bicyclic) bond motifs is 2. The summed E-state index contributed by atoms with van der Waals surface area (Å²) in [5, 5.41) is 13.5. The number of hydrogen-bond acceptors (Lipinski definition) is 13. The summed E-state index contributed by atoms with van der Waals surface area (Å²) in [6.45, 7) is 0.896. The van der Waals surface area contributed by atoms with Crippen LogP contribution in [0.25, 0.3) is 11.2 Å². The molecule has 0 aromatic carbocycles. The Kier molecular flexibility index (Phi) is 5.78. The van der Waals surface area contributed by atoms with E-state index in [2.05, 4.69) is 33.4 Å². The molecule has 22 heteroatoms. The molecule has 4 rings (SSSR count). The van der Waals surface area contributed by atoms with E-state index in [9.17, 15) is 28.6 Å². The van der Waals surface area contributed by atoms with Gasteiger partial charge in [0.2, 0.25) is 5.95 Å². The Bertz CT molecular complexity index is 1300. The molecule has 3 heterocycles. The summed E-state index contributed by atoms with van der Waals surface area (Å²) in [7, 11) is -15.5. The molecule has 1 aliphatic heterocycles. The van der Waals surface area contributed by atoms with Crippen LogP contribution in [0.3, 0.4) is 0 Å². The number of ether oxygens (including phenoxy) is 1. The van der Waals surface area contributed by atoms with Crippen molar-refractivity contribution in [3.05, 3.63) is 6.33 Å². The molecule has 2 fully saturated rings. The Morgan fingerprint density at radius 3 is 2.38 bits per heavy atom. The molecule has 3 unspecified atom stereocenters. The second kappa shape index (κ2) is 7.70. The van der Waals surface area contributed by atoms with Crippen LogP contribution in [0.15, 0.2) is 6.33 Å². The standard InChI is InChI=1S/C12H18FN6O12P3/c1-11(13)9(19-3-16-4-7(15-2)17-10(14)18-8(4)19)28-5-6(12(5,11)20)29-33(24,25)31-34(26,27)30-32(21,22)23/h3,5-6,9,20H,1-2H3,(H,24,25)(H,26,27)(H2,21,22,23)(H3,14,15,17,18)/t5-,6?,9-,11+,12+/m1/s1. The van der Waals surface area contributed by atoms with E-state index in [0.717, 1.165) is 17.8 Å². The van der Waals surface area contributed by atoms with Gasteiger partial charge in [-0.05, 0) is 6.92 Å². The predicted octanol–water partition coefficient (Wildman–Crippen LogP) is -0.468. The molecule has 34 heavy (non-hydrogen) atoms. The van der Waals surface area contributed by atoms with Crippen LogP contribution in [0.4, 0.5) is 16.2 Å². The Labute approximate surface area is 188 Å². The molecule has 0 radical (unpaired) electrons. The number of nitrogen functional groups attached to an aromatic ring is 1. The summed E-state index contributed by atoms with van der Waals surface area (Å²) in [5.74, 6) is 0.0563. The second-order valence-electron chi connectivity index (χ2n) is 7.43. The van der Waals surface area contributed by atoms with E-state index in [1.807, 2.05) is 0 Å². The minimum Gasteiger partial charge on any atom is -0.381 e. The smallest absolute Gasteiger partial charge is 0.381 e. The lowest BCUT2D eigenvalue weighted by Crippen LogP contribution is -2.45. The molecule has 1 saturated carbocycles. The number of hydrogen-bond donors (Lipinski definition) is 7. The number of phosphoric acid groups is 3. The topological polar surface area (TPSA) is 271 Å². The van der Waals surface area contributed by atoms with Gasteiger partial charge in [0.25, 0.3) is 0 Å². The summed E-state index contributed by atoms with van der Waals surface area (Å²) in [5.41, 5.74) is 0.625. The first-order valence-corrected chi connectivity index (χ1v) is 13.5. The van der Waals surface area contributed by atoms with Gasteiger partial charge in [-0.1, -0.05) is 0 Å². The number of phosphoric ester groups is 1. The van der Waals surface area contributed by atoms with Crippen LogP contribution in [0.5, 0.6) is 0 Å². The largest absolute Gasteiger partial charge is 0.490 e. The number of anilines is 2. The zero-order valence-electron chi connectivity index (χ0n) is 17.0. The average Bonchev–Trinajstić information content (AvgIpc) is 2.93. The van der Waals surface area contributed by atoms with E-state index in [-0.39, 0.29) is 22.9 Å². The minimum absolute atomic E-state index is 0.0417. The van der Waals surface area contributed by atoms with Gasteiger partial charge in [-0.15, -0.1) is 0 Å². The van der Waals surface area contributed by atoms with Crippen LogP contribution in [0, 0.1) is 0 Å². The molecule has 7 atom stereocenters. The highest BCUT2D eigenvalue weighted by atomic mass is 31.3. The summed E-state index contributed by atoms with van der Waals surface area (Å²) in [6, 6.07) is 0. The first kappa shape index (κ1) is 25.5. The van der Waals surface area contributed by atoms with Crippen molar-refractivity contribution in [3.8, 4) is 0 Å². The summed E-state index contributed by atoms with van der Waals surface area (Å²) in [4.78, 5) is 48.0. The lowest BCUT2D eigenvalue weighted by molar-refractivity contribution is -0.112. The van der Waals surface area contributed by atoms with Gasteiger partial charge in [-0.3, -0.25) is 9.09 Å². The molecule has 0 amide bonds. The van der Waals surface area contributed by atoms with E-state index < -0.39 is 53.2 Å². The molecule has 8 N–H and O–H groups in total. The van der Waals surface area contributed by atoms with Crippen LogP contribution in [0.1, 0.15) is 13.2 Å². The van der Waals surface area contributed by atoms with Crippen molar-refractivity contribution in [2.45, 2.75) is 36.6 Å². The summed E-state index contributed by atoms with van der Waals surface area (Å²) < 4.78 is 68.3. The van der Waals surface area contributed by atoms with Gasteiger partial charge in [0.15, 0.2) is 34.5 Å². The Morgan fingerprint density at radius 1 is 1.21 bits per heavy atom. The molecule has 1 aliphatic carbocycles. The molecule has 0 spiro atoms. The third-order valence-electron chi connectivity index (χ3n) is 5.15. The number of nitrogens with two attached hydrogens (primary N) is 1. The number of alkyl halides is 1. The number of aromatic nitrogens is 4. The molecule has 2 aromatic heterocycles. The number of aliphatic hydroxyl groups is 1. The van der Waals surface area contributed by atoms with Crippen molar-refractivity contribution < 1.29 is 60.6 Å². The third-order valence-corrected chi connectivity index (χ3v) is 8.97. The van der Waals surface area contributed by atoms with Gasteiger partial charge in [-0.25, -0.2) is 23.1 Å². The van der Waals surface area contributed by atoms with E-state index >= 15 is 4.39 Å². The average molecular weight is 550 g/mol. The monoisotopic (exact) mass is 550 g/mol. The molecule has 18 nitrogen and oxygen atoms in total. The zero-order chi connectivity index (χ0) is 25.5. The van der Waals surface area contributed by atoms with Crippen LogP contribution in [-0.4, -0.2) is 74.7 Å². The quantitative estimate of drug-likeness (QED) is 0.205. The Balaban J connectivity index is 1.56. The number of imidazole rings is 1. The van der Waals surface area contributed by atoms with E-state index in [0.29, 0.717) is 0 Å². The highest BCUT2D eigenvalue weighted by molar-refractivity contribution is 7.66. The number of rotatable bonds is 8. The molecule has 2 aromatic rings. The lowest BCUT2D eigenvalue weighted by atomic mass is 9.97. The SMILES string of the molecule is CNc1nc(N)nc2c1ncn2[C@@H]1O[C@@H]2C(OP(=O)(O)OP(=O)(O)OP(=O)(O)O)[C@]2(O)[C@@]1(C)F. The van der Waals surface area contributed by atoms with Gasteiger partial charge in [-0.2, -0.15) is 18.6 Å². The Hall–Kier alpha value is -1.59. The molecule has 0 bridgehead atoms. The normalized spacial score (nSPS) is 34.4. The van der Waals surface area contributed by atoms with Crippen LogP contribution < -0.4 is 11.1 Å². The van der Waals surface area contributed by atoms with Crippen LogP contribution in [0.2, 0.25) is 0 Å². The van der Waals surface area contributed by atoms with Crippen LogP contribution >= 0.6 is 23.5 Å². The number of nitrogens with one attached hydrogen (secondary N) is 1. The van der Waals surface area contributed by atoms with Gasteiger partial charge in [0, 0.05) is 7.05 Å². The maximum Gasteiger partial charge on any atom is 0.490 e. The van der Waals surface area contributed by atoms with Gasteiger partial charge in [0.1, 0.15) is 12.2 Å². The van der Waals surface area contributed by atoms with Crippen molar-refractivity contribution in [3.63, 3.8) is 0 Å². The van der Waals surface area contributed by atoms with Crippen LogP contribution in [-0.2, 0) is 31.6 Å². The summed E-state index contributed by atoms with van der Waals surface area (Å²) >= 11 is 0. The lowest BCUT2D eigenvalue weighted by Gasteiger charge is -2.31. The van der Waals surface area contributed by atoms with Crippen molar-refractivity contribution in [1.29, 1.82) is 0 Å². The molecule has 1 saturated heterocycles. The van der Waals surface area contributed by atoms with Gasteiger partial charge >= 0.3 is 23.5 Å². The van der Waals surface area contributed by atoms with Crippen molar-refractivity contribution >= 4 is 46.4 Å². The number of nitrogens with zero attached hydrogens (tertiary/aromatic N) is 4. The minimum atomic E-state index is -5.80. The highest BCUT2D eigenvalue weighted by Crippen LogP contribution is 2.71. The fourth-order valence-corrected chi connectivity index (χ4v) is 6.91. The van der Waals surface area contributed by atoms with E-state index in [4.69, 9.17) is 20.3 Å². The molecule has 2 aliphatic rings. The first-order valence-electron chi connectivity index (χ1n) is 8.98. The molecular formula is C12H18FN6O12P3. The highest BCUT2D eigenvalue weighted by Gasteiger charge is 2.85. The van der Waals surface area contributed by atoms with E-state index in [1.165, 1.54) is 7.05 Å². The van der Waals surface area contributed by atoms with Gasteiger partial charge in [0.05, 0.1) is 6.33 Å². The van der Waals surface area contributed by atoms with E-state index in [1.54, 1.807) is 0 Å². The zero-order valence-corrected chi connectivity index (χ0v) is 19.7. The van der Waals surface area contributed by atoms with Crippen molar-refractivity contribution in [2.24, 2.45) is 0 Å². The second-order valence-corrected chi connectivity index (χ2v) is 11.8. The summed E-state index contributed by atoms with van der Waals surface area (Å²) in [6.07, 6.45) is -3.88. The number of halogens is 1. The van der Waals surface area contributed by atoms with Crippen molar-refractivity contribution in [2.75, 3.05) is 18.1 Å². The van der Waals surface area contributed by atoms with Gasteiger partial charge < -0.3 is 40.5 Å². The maximum absolute atomic E-state index is 15.8.